The summed E-state index contributed by atoms with van der Waals surface area (Å²) in [6.45, 7) is -0.251. The highest BCUT2D eigenvalue weighted by atomic mass is 32.2. The Hall–Kier alpha value is -2.34. The smallest absolute Gasteiger partial charge is 0.211 e. The number of methoxy groups -OCH3 is 1. The predicted octanol–water partition coefficient (Wildman–Crippen LogP) is 3.76. The van der Waals surface area contributed by atoms with Crippen molar-refractivity contribution in [3.63, 3.8) is 0 Å². The third-order valence-corrected chi connectivity index (χ3v) is 4.25. The third kappa shape index (κ3) is 5.41. The molecule has 5 nitrogen and oxygen atoms in total. The molecule has 0 aliphatic heterocycles. The van der Waals surface area contributed by atoms with E-state index in [1.54, 1.807) is 31.4 Å². The molecule has 0 aromatic heterocycles. The molecule has 2 aromatic rings. The molecule has 0 heterocycles. The van der Waals surface area contributed by atoms with E-state index in [4.69, 9.17) is 4.74 Å². The normalized spacial score (nSPS) is 11.7. The molecule has 0 bridgehead atoms. The van der Waals surface area contributed by atoms with Gasteiger partial charge in [-0.05, 0) is 29.8 Å². The van der Waals surface area contributed by atoms with Gasteiger partial charge in [-0.25, -0.2) is 0 Å². The summed E-state index contributed by atoms with van der Waals surface area (Å²) in [5, 5.41) is 10.8. The summed E-state index contributed by atoms with van der Waals surface area (Å²) in [6, 6.07) is 16.3. The summed E-state index contributed by atoms with van der Waals surface area (Å²) in [4.78, 5) is 23.5. The number of nitro groups is 1. The molecule has 1 atom stereocenters. The van der Waals surface area contributed by atoms with Crippen LogP contribution in [0.15, 0.2) is 59.5 Å². The second-order valence-corrected chi connectivity index (χ2v) is 6.11. The summed E-state index contributed by atoms with van der Waals surface area (Å²) in [5.74, 6) is 0.307. The van der Waals surface area contributed by atoms with Gasteiger partial charge in [0.2, 0.25) is 6.54 Å². The number of benzene rings is 2. The quantitative estimate of drug-likeness (QED) is 0.439. The first-order valence-electron chi connectivity index (χ1n) is 7.10. The van der Waals surface area contributed by atoms with E-state index in [1.165, 1.54) is 0 Å². The minimum Gasteiger partial charge on any atom is -0.497 e. The molecule has 0 spiro atoms. The van der Waals surface area contributed by atoms with Gasteiger partial charge in [-0.1, -0.05) is 42.1 Å². The monoisotopic (exact) mass is 331 g/mol. The van der Waals surface area contributed by atoms with Crippen molar-refractivity contribution in [3.8, 4) is 5.75 Å². The Balaban J connectivity index is 2.03. The molecule has 120 valence electrons. The van der Waals surface area contributed by atoms with Gasteiger partial charge >= 0.3 is 0 Å². The fourth-order valence-corrected chi connectivity index (χ4v) is 3.03. The van der Waals surface area contributed by atoms with E-state index >= 15 is 0 Å². The zero-order chi connectivity index (χ0) is 16.7. The topological polar surface area (TPSA) is 69.4 Å². The summed E-state index contributed by atoms with van der Waals surface area (Å²) in [6.07, 6.45) is 0.127. The highest BCUT2D eigenvalue weighted by molar-refractivity contribution is 8.13. The van der Waals surface area contributed by atoms with Gasteiger partial charge in [0, 0.05) is 16.2 Å². The van der Waals surface area contributed by atoms with E-state index in [0.29, 0.717) is 0 Å². The fraction of sp³-hybridized carbons (Fsp3) is 0.235. The molecule has 0 saturated carbocycles. The largest absolute Gasteiger partial charge is 0.497 e. The molecule has 0 aliphatic rings. The maximum atomic E-state index is 12.2. The van der Waals surface area contributed by atoms with Crippen LogP contribution in [0.4, 0.5) is 0 Å². The van der Waals surface area contributed by atoms with Crippen molar-refractivity contribution in [2.45, 2.75) is 17.2 Å². The van der Waals surface area contributed by atoms with Crippen molar-refractivity contribution < 1.29 is 14.5 Å². The average molecular weight is 331 g/mol. The summed E-state index contributed by atoms with van der Waals surface area (Å²) in [5.41, 5.74) is 0.813. The fourth-order valence-electron chi connectivity index (χ4n) is 2.21. The second kappa shape index (κ2) is 8.33. The van der Waals surface area contributed by atoms with Crippen molar-refractivity contribution in [3.05, 3.63) is 70.3 Å². The van der Waals surface area contributed by atoms with Crippen LogP contribution in [0.5, 0.6) is 5.75 Å². The van der Waals surface area contributed by atoms with Crippen molar-refractivity contribution in [1.82, 2.24) is 0 Å². The van der Waals surface area contributed by atoms with Crippen LogP contribution in [0.2, 0.25) is 0 Å². The van der Waals surface area contributed by atoms with Gasteiger partial charge in [0.25, 0.3) is 0 Å². The number of hydrogen-bond acceptors (Lipinski definition) is 5. The van der Waals surface area contributed by atoms with Crippen LogP contribution < -0.4 is 4.74 Å². The third-order valence-electron chi connectivity index (χ3n) is 3.34. The van der Waals surface area contributed by atoms with Gasteiger partial charge in [0.1, 0.15) is 5.75 Å². The zero-order valence-corrected chi connectivity index (χ0v) is 13.5. The van der Waals surface area contributed by atoms with Crippen LogP contribution >= 0.6 is 11.8 Å². The molecule has 0 radical (unpaired) electrons. The Morgan fingerprint density at radius 2 is 1.83 bits per heavy atom. The first-order valence-corrected chi connectivity index (χ1v) is 7.91. The van der Waals surface area contributed by atoms with E-state index in [9.17, 15) is 14.9 Å². The van der Waals surface area contributed by atoms with Gasteiger partial charge in [-0.3, -0.25) is 14.9 Å². The standard InChI is InChI=1S/C17H17NO4S/c1-22-15-7-9-16(10-8-15)23-17(19)11-14(12-18(20)21)13-5-3-2-4-6-13/h2-10,14H,11-12H2,1H3/t14-/m1/s1. The van der Waals surface area contributed by atoms with Crippen LogP contribution in [0, 0.1) is 10.1 Å². The second-order valence-electron chi connectivity index (χ2n) is 4.98. The van der Waals surface area contributed by atoms with Crippen molar-refractivity contribution in [1.29, 1.82) is 0 Å². The van der Waals surface area contributed by atoms with Crippen molar-refractivity contribution in [2.24, 2.45) is 0 Å². The van der Waals surface area contributed by atoms with Crippen LogP contribution in [-0.4, -0.2) is 23.7 Å². The van der Waals surface area contributed by atoms with E-state index in [-0.39, 0.29) is 23.0 Å². The van der Waals surface area contributed by atoms with E-state index < -0.39 is 5.92 Å². The highest BCUT2D eigenvalue weighted by Gasteiger charge is 2.21. The van der Waals surface area contributed by atoms with Crippen LogP contribution in [0.3, 0.4) is 0 Å². The summed E-state index contributed by atoms with van der Waals surface area (Å²) >= 11 is 1.10. The van der Waals surface area contributed by atoms with Crippen LogP contribution in [-0.2, 0) is 4.79 Å². The minimum absolute atomic E-state index is 0.0918. The number of hydrogen-bond donors (Lipinski definition) is 0. The predicted molar refractivity (Wildman–Crippen MR) is 89.5 cm³/mol. The Morgan fingerprint density at radius 3 is 2.39 bits per heavy atom. The van der Waals surface area contributed by atoms with Gasteiger partial charge < -0.3 is 4.74 Å². The first-order chi connectivity index (χ1) is 11.1. The molecule has 0 N–H and O–H groups in total. The summed E-state index contributed by atoms with van der Waals surface area (Å²) < 4.78 is 5.07. The lowest BCUT2D eigenvalue weighted by molar-refractivity contribution is -0.483. The lowest BCUT2D eigenvalue weighted by Crippen LogP contribution is -2.15. The average Bonchev–Trinajstić information content (AvgIpc) is 2.55. The molecular weight excluding hydrogens is 314 g/mol. The van der Waals surface area contributed by atoms with Gasteiger partial charge in [0.05, 0.1) is 13.0 Å². The van der Waals surface area contributed by atoms with Crippen LogP contribution in [0.1, 0.15) is 17.9 Å². The molecule has 6 heteroatoms. The van der Waals surface area contributed by atoms with Gasteiger partial charge in [-0.15, -0.1) is 0 Å². The maximum absolute atomic E-state index is 12.2. The molecule has 0 unspecified atom stereocenters. The number of rotatable bonds is 7. The number of carbonyl (C=O) groups is 1. The van der Waals surface area contributed by atoms with Crippen LogP contribution in [0.25, 0.3) is 0 Å². The Labute approximate surface area is 138 Å². The Morgan fingerprint density at radius 1 is 1.17 bits per heavy atom. The minimum atomic E-state index is -0.413. The van der Waals surface area contributed by atoms with E-state index in [0.717, 1.165) is 28.0 Å². The van der Waals surface area contributed by atoms with Gasteiger partial charge in [-0.2, -0.15) is 0 Å². The molecule has 2 rings (SSSR count). The van der Waals surface area contributed by atoms with Crippen molar-refractivity contribution in [2.75, 3.05) is 13.7 Å². The van der Waals surface area contributed by atoms with Gasteiger partial charge in [0.15, 0.2) is 5.12 Å². The van der Waals surface area contributed by atoms with E-state index in [1.807, 2.05) is 30.3 Å². The van der Waals surface area contributed by atoms with Crippen molar-refractivity contribution >= 4 is 16.9 Å². The zero-order valence-electron chi connectivity index (χ0n) is 12.7. The highest BCUT2D eigenvalue weighted by Crippen LogP contribution is 2.28. The molecule has 0 saturated heterocycles. The maximum Gasteiger partial charge on any atom is 0.211 e. The summed E-state index contributed by atoms with van der Waals surface area (Å²) in [7, 11) is 1.58. The van der Waals surface area contributed by atoms with E-state index in [2.05, 4.69) is 0 Å². The molecule has 0 amide bonds. The first kappa shape index (κ1) is 17.0. The number of carbonyl (C=O) groups excluding carboxylic acids is 1. The molecule has 0 fully saturated rings. The number of ether oxygens (including phenoxy) is 1. The number of nitrogens with zero attached hydrogens (tertiary/aromatic N) is 1. The SMILES string of the molecule is COc1ccc(SC(=O)C[C@H](C[N+](=O)[O-])c2ccccc2)cc1. The Kier molecular flexibility index (Phi) is 6.17. The molecule has 0 aliphatic carbocycles. The molecule has 23 heavy (non-hydrogen) atoms. The Bertz CT molecular complexity index is 658. The number of thioether (sulfide) groups is 1. The molecular formula is C17H17NO4S. The lowest BCUT2D eigenvalue weighted by atomic mass is 9.96. The molecule has 2 aromatic carbocycles. The lowest BCUT2D eigenvalue weighted by Gasteiger charge is -2.12.